The zero-order valence-electron chi connectivity index (χ0n) is 5.04. The van der Waals surface area contributed by atoms with Crippen LogP contribution in [0.2, 0.25) is 0 Å². The highest BCUT2D eigenvalue weighted by molar-refractivity contribution is 7.26. The van der Waals surface area contributed by atoms with Gasteiger partial charge in [-0.15, -0.1) is 0 Å². The van der Waals surface area contributed by atoms with Gasteiger partial charge in [-0.25, -0.2) is 0 Å². The van der Waals surface area contributed by atoms with Crippen LogP contribution in [-0.4, -0.2) is 36.6 Å². The third-order valence-corrected chi connectivity index (χ3v) is 1.15. The van der Waals surface area contributed by atoms with Gasteiger partial charge in [0.2, 0.25) is 0 Å². The van der Waals surface area contributed by atoms with E-state index in [9.17, 15) is 0 Å². The predicted molar refractivity (Wildman–Crippen MR) is 34.4 cm³/mol. The average Bonchev–Trinajstić information content (AvgIpc) is 1.89. The molecule has 0 aliphatic rings. The standard InChI is InChI=1S/C4H11O4P/c5-1-3-7-9-8-4-2-6/h5-6,9H,1-4H2. The molecule has 0 fully saturated rings. The Morgan fingerprint density at radius 1 is 1.00 bits per heavy atom. The Balaban J connectivity index is 2.60. The highest BCUT2D eigenvalue weighted by atomic mass is 31.1. The van der Waals surface area contributed by atoms with E-state index in [1.165, 1.54) is 0 Å². The minimum Gasteiger partial charge on any atom is -0.394 e. The molecule has 0 saturated carbocycles. The van der Waals surface area contributed by atoms with Gasteiger partial charge in [0.25, 0.3) is 0 Å². The van der Waals surface area contributed by atoms with E-state index in [4.69, 9.17) is 19.3 Å². The summed E-state index contributed by atoms with van der Waals surface area (Å²) in [5, 5.41) is 16.4. The summed E-state index contributed by atoms with van der Waals surface area (Å²) in [5.41, 5.74) is 0. The van der Waals surface area contributed by atoms with E-state index in [2.05, 4.69) is 0 Å². The van der Waals surface area contributed by atoms with E-state index in [-0.39, 0.29) is 22.2 Å². The first kappa shape index (κ1) is 9.27. The van der Waals surface area contributed by atoms with Crippen molar-refractivity contribution in [3.05, 3.63) is 0 Å². The molecule has 0 spiro atoms. The number of aliphatic hydroxyl groups is 2. The number of rotatable bonds is 6. The van der Waals surface area contributed by atoms with Gasteiger partial charge in [-0.1, -0.05) is 0 Å². The van der Waals surface area contributed by atoms with Crippen LogP contribution in [0.3, 0.4) is 0 Å². The molecule has 0 unspecified atom stereocenters. The van der Waals surface area contributed by atoms with E-state index < -0.39 is 0 Å². The van der Waals surface area contributed by atoms with Crippen molar-refractivity contribution < 1.29 is 19.3 Å². The van der Waals surface area contributed by atoms with Crippen LogP contribution >= 0.6 is 9.03 Å². The molecule has 0 atom stereocenters. The third kappa shape index (κ3) is 8.27. The largest absolute Gasteiger partial charge is 0.394 e. The Morgan fingerprint density at radius 3 is 1.78 bits per heavy atom. The van der Waals surface area contributed by atoms with E-state index in [1.54, 1.807) is 0 Å². The summed E-state index contributed by atoms with van der Waals surface area (Å²) in [6.07, 6.45) is 0. The maximum absolute atomic E-state index is 8.20. The van der Waals surface area contributed by atoms with Gasteiger partial charge >= 0.3 is 0 Å². The van der Waals surface area contributed by atoms with Crippen LogP contribution in [0.25, 0.3) is 0 Å². The van der Waals surface area contributed by atoms with Crippen LogP contribution < -0.4 is 0 Å². The molecule has 56 valence electrons. The molecule has 5 heteroatoms. The maximum atomic E-state index is 8.20. The van der Waals surface area contributed by atoms with Gasteiger partial charge < -0.3 is 19.3 Å². The highest BCUT2D eigenvalue weighted by Gasteiger charge is 1.85. The lowest BCUT2D eigenvalue weighted by Crippen LogP contribution is -1.94. The Hall–Kier alpha value is 0.270. The smallest absolute Gasteiger partial charge is 0.155 e. The van der Waals surface area contributed by atoms with E-state index in [0.29, 0.717) is 13.2 Å². The fraction of sp³-hybridized carbons (Fsp3) is 1.00. The first-order chi connectivity index (χ1) is 4.41. The summed E-state index contributed by atoms with van der Waals surface area (Å²) in [5.74, 6) is 0. The molecule has 0 bridgehead atoms. The van der Waals surface area contributed by atoms with E-state index in [0.717, 1.165) is 0 Å². The molecule has 2 N–H and O–H groups in total. The highest BCUT2D eigenvalue weighted by Crippen LogP contribution is 2.11. The second-order valence-corrected chi connectivity index (χ2v) is 1.97. The van der Waals surface area contributed by atoms with Crippen molar-refractivity contribution in [3.8, 4) is 0 Å². The Bertz CT molecular complexity index is 45.8. The SMILES string of the molecule is OCCOPOCCO. The molecule has 0 aliphatic heterocycles. The molecule has 0 radical (unpaired) electrons. The van der Waals surface area contributed by atoms with Crippen LogP contribution in [0.5, 0.6) is 0 Å². The van der Waals surface area contributed by atoms with Crippen molar-refractivity contribution in [2.24, 2.45) is 0 Å². The minimum absolute atomic E-state index is 0.00941. The molecule has 0 aliphatic carbocycles. The predicted octanol–water partition coefficient (Wildman–Crippen LogP) is -0.487. The second kappa shape index (κ2) is 8.27. The van der Waals surface area contributed by atoms with E-state index >= 15 is 0 Å². The molecule has 0 aromatic heterocycles. The summed E-state index contributed by atoms with van der Waals surface area (Å²) in [4.78, 5) is 0. The molecular formula is C4H11O4P. The van der Waals surface area contributed by atoms with Gasteiger partial charge in [0.05, 0.1) is 26.4 Å². The number of hydrogen-bond acceptors (Lipinski definition) is 4. The molecule has 0 aromatic carbocycles. The first-order valence-corrected chi connectivity index (χ1v) is 3.43. The van der Waals surface area contributed by atoms with Crippen molar-refractivity contribution in [3.63, 3.8) is 0 Å². The third-order valence-electron chi connectivity index (χ3n) is 0.505. The lowest BCUT2D eigenvalue weighted by atomic mass is 10.8. The lowest BCUT2D eigenvalue weighted by Gasteiger charge is -1.99. The monoisotopic (exact) mass is 154 g/mol. The molecule has 9 heavy (non-hydrogen) atoms. The lowest BCUT2D eigenvalue weighted by molar-refractivity contribution is 0.173. The van der Waals surface area contributed by atoms with Gasteiger partial charge in [-0.2, -0.15) is 0 Å². The summed E-state index contributed by atoms with van der Waals surface area (Å²) < 4.78 is 9.46. The molecule has 4 nitrogen and oxygen atoms in total. The zero-order valence-corrected chi connectivity index (χ0v) is 6.04. The first-order valence-electron chi connectivity index (χ1n) is 2.62. The van der Waals surface area contributed by atoms with Gasteiger partial charge in [-0.3, -0.25) is 0 Å². The molecule has 0 amide bonds. The maximum Gasteiger partial charge on any atom is 0.155 e. The molecule has 0 rings (SSSR count). The van der Waals surface area contributed by atoms with Crippen molar-refractivity contribution in [1.29, 1.82) is 0 Å². The van der Waals surface area contributed by atoms with Crippen molar-refractivity contribution in [2.45, 2.75) is 0 Å². The number of hydrogen-bond donors (Lipinski definition) is 2. The molecule has 0 heterocycles. The quantitative estimate of drug-likeness (QED) is 0.400. The Labute approximate surface area is 55.7 Å². The normalized spacial score (nSPS) is 10.0. The zero-order chi connectivity index (χ0) is 6.95. The van der Waals surface area contributed by atoms with E-state index in [1.807, 2.05) is 0 Å². The van der Waals surface area contributed by atoms with Gasteiger partial charge in [-0.05, 0) is 0 Å². The van der Waals surface area contributed by atoms with Crippen LogP contribution in [-0.2, 0) is 9.05 Å². The molecular weight excluding hydrogens is 143 g/mol. The minimum atomic E-state index is -0.0741. The molecule has 0 aromatic rings. The topological polar surface area (TPSA) is 58.9 Å². The fourth-order valence-electron chi connectivity index (χ4n) is 0.216. The number of aliphatic hydroxyl groups excluding tert-OH is 2. The van der Waals surface area contributed by atoms with Gasteiger partial charge in [0.15, 0.2) is 9.03 Å². The van der Waals surface area contributed by atoms with Crippen LogP contribution in [0.4, 0.5) is 0 Å². The summed E-state index contributed by atoms with van der Waals surface area (Å²) >= 11 is 0. The molecule has 0 saturated heterocycles. The van der Waals surface area contributed by atoms with Crippen molar-refractivity contribution >= 4 is 9.03 Å². The Morgan fingerprint density at radius 2 is 1.44 bits per heavy atom. The Kier molecular flexibility index (Phi) is 8.52. The summed E-state index contributed by atoms with van der Waals surface area (Å²) in [7, 11) is -0.0741. The second-order valence-electron chi connectivity index (χ2n) is 1.23. The van der Waals surface area contributed by atoms with Crippen molar-refractivity contribution in [1.82, 2.24) is 0 Å². The van der Waals surface area contributed by atoms with Gasteiger partial charge in [0.1, 0.15) is 0 Å². The van der Waals surface area contributed by atoms with Crippen molar-refractivity contribution in [2.75, 3.05) is 26.4 Å². The fourth-order valence-corrected chi connectivity index (χ4v) is 0.649. The summed E-state index contributed by atoms with van der Waals surface area (Å²) in [6, 6.07) is 0. The van der Waals surface area contributed by atoms with Crippen LogP contribution in [0.15, 0.2) is 0 Å². The van der Waals surface area contributed by atoms with Crippen LogP contribution in [0.1, 0.15) is 0 Å². The van der Waals surface area contributed by atoms with Gasteiger partial charge in [0, 0.05) is 0 Å². The average molecular weight is 154 g/mol. The van der Waals surface area contributed by atoms with Crippen LogP contribution in [0, 0.1) is 0 Å². The summed E-state index contributed by atoms with van der Waals surface area (Å²) in [6.45, 7) is 0.610.